The SMILES string of the molecule is CC(C)(C)c1ccc(Oc2cccc3c2C(=O)c2ccccc2C3=O)cc1. The Bertz CT molecular complexity index is 1050. The molecule has 0 saturated heterocycles. The van der Waals surface area contributed by atoms with E-state index in [0.29, 0.717) is 33.8 Å². The van der Waals surface area contributed by atoms with Crippen LogP contribution in [0.5, 0.6) is 11.5 Å². The Kier molecular flexibility index (Phi) is 3.96. The maximum absolute atomic E-state index is 13.0. The fourth-order valence-corrected chi connectivity index (χ4v) is 3.35. The van der Waals surface area contributed by atoms with Gasteiger partial charge in [0.05, 0.1) is 5.56 Å². The fourth-order valence-electron chi connectivity index (χ4n) is 3.35. The van der Waals surface area contributed by atoms with Gasteiger partial charge in [-0.15, -0.1) is 0 Å². The Morgan fingerprint density at radius 2 is 1.26 bits per heavy atom. The fraction of sp³-hybridized carbons (Fsp3) is 0.167. The van der Waals surface area contributed by atoms with Gasteiger partial charge in [0.15, 0.2) is 11.6 Å². The maximum atomic E-state index is 13.0. The van der Waals surface area contributed by atoms with Crippen LogP contribution in [0.15, 0.2) is 66.7 Å². The summed E-state index contributed by atoms with van der Waals surface area (Å²) >= 11 is 0. The van der Waals surface area contributed by atoms with E-state index in [9.17, 15) is 9.59 Å². The maximum Gasteiger partial charge on any atom is 0.198 e. The molecule has 0 spiro atoms. The summed E-state index contributed by atoms with van der Waals surface area (Å²) in [6, 6.07) is 19.9. The summed E-state index contributed by atoms with van der Waals surface area (Å²) in [6.07, 6.45) is 0. The van der Waals surface area contributed by atoms with Crippen molar-refractivity contribution in [2.75, 3.05) is 0 Å². The topological polar surface area (TPSA) is 43.4 Å². The lowest BCUT2D eigenvalue weighted by Gasteiger charge is -2.21. The molecule has 3 nitrogen and oxygen atoms in total. The summed E-state index contributed by atoms with van der Waals surface area (Å²) < 4.78 is 6.01. The molecule has 0 saturated carbocycles. The summed E-state index contributed by atoms with van der Waals surface area (Å²) in [5.74, 6) is 0.718. The minimum absolute atomic E-state index is 0.0521. The Balaban J connectivity index is 1.74. The lowest BCUT2D eigenvalue weighted by atomic mass is 9.83. The molecule has 0 bridgehead atoms. The predicted molar refractivity (Wildman–Crippen MR) is 105 cm³/mol. The quantitative estimate of drug-likeness (QED) is 0.473. The smallest absolute Gasteiger partial charge is 0.198 e. The highest BCUT2D eigenvalue weighted by molar-refractivity contribution is 6.29. The molecule has 0 fully saturated rings. The third-order valence-corrected chi connectivity index (χ3v) is 4.86. The monoisotopic (exact) mass is 356 g/mol. The summed E-state index contributed by atoms with van der Waals surface area (Å²) in [5, 5.41) is 0. The molecule has 3 heteroatoms. The van der Waals surface area contributed by atoms with Crippen LogP contribution < -0.4 is 4.74 Å². The highest BCUT2D eigenvalue weighted by atomic mass is 16.5. The van der Waals surface area contributed by atoms with E-state index in [1.54, 1.807) is 42.5 Å². The first-order valence-corrected chi connectivity index (χ1v) is 8.96. The first-order valence-electron chi connectivity index (χ1n) is 8.96. The molecule has 3 aromatic carbocycles. The summed E-state index contributed by atoms with van der Waals surface area (Å²) in [4.78, 5) is 25.8. The zero-order chi connectivity index (χ0) is 19.2. The van der Waals surface area contributed by atoms with Crippen molar-refractivity contribution in [3.8, 4) is 11.5 Å². The van der Waals surface area contributed by atoms with Gasteiger partial charge in [-0.1, -0.05) is 69.3 Å². The second kappa shape index (κ2) is 6.20. The van der Waals surface area contributed by atoms with Crippen LogP contribution in [0, 0.1) is 0 Å². The van der Waals surface area contributed by atoms with Crippen molar-refractivity contribution >= 4 is 11.6 Å². The van der Waals surface area contributed by atoms with E-state index >= 15 is 0 Å². The Morgan fingerprint density at radius 1 is 0.667 bits per heavy atom. The number of benzene rings is 3. The highest BCUT2D eigenvalue weighted by Gasteiger charge is 2.32. The van der Waals surface area contributed by atoms with Crippen molar-refractivity contribution in [3.63, 3.8) is 0 Å². The molecule has 3 aromatic rings. The van der Waals surface area contributed by atoms with Crippen LogP contribution in [0.2, 0.25) is 0 Å². The highest BCUT2D eigenvalue weighted by Crippen LogP contribution is 2.35. The van der Waals surface area contributed by atoms with E-state index < -0.39 is 0 Å². The van der Waals surface area contributed by atoms with Crippen LogP contribution in [-0.4, -0.2) is 11.6 Å². The van der Waals surface area contributed by atoms with Gasteiger partial charge in [0.2, 0.25) is 0 Å². The third-order valence-electron chi connectivity index (χ3n) is 4.86. The molecule has 0 radical (unpaired) electrons. The van der Waals surface area contributed by atoms with Gasteiger partial charge in [0.25, 0.3) is 0 Å². The lowest BCUT2D eigenvalue weighted by Crippen LogP contribution is -2.21. The van der Waals surface area contributed by atoms with Gasteiger partial charge in [-0.05, 0) is 29.2 Å². The van der Waals surface area contributed by atoms with Crippen molar-refractivity contribution in [2.45, 2.75) is 26.2 Å². The van der Waals surface area contributed by atoms with E-state index in [2.05, 4.69) is 20.8 Å². The third kappa shape index (κ3) is 2.95. The largest absolute Gasteiger partial charge is 0.457 e. The number of rotatable bonds is 2. The molecule has 4 rings (SSSR count). The summed E-state index contributed by atoms with van der Waals surface area (Å²) in [7, 11) is 0. The van der Waals surface area contributed by atoms with Gasteiger partial charge in [-0.25, -0.2) is 0 Å². The number of carbonyl (C=O) groups excluding carboxylic acids is 2. The molecule has 0 aliphatic heterocycles. The lowest BCUT2D eigenvalue weighted by molar-refractivity contribution is 0.0977. The first kappa shape index (κ1) is 17.2. The second-order valence-corrected chi connectivity index (χ2v) is 7.76. The van der Waals surface area contributed by atoms with Gasteiger partial charge < -0.3 is 4.74 Å². The van der Waals surface area contributed by atoms with Crippen LogP contribution in [0.25, 0.3) is 0 Å². The number of hydrogen-bond donors (Lipinski definition) is 0. The Morgan fingerprint density at radius 3 is 1.89 bits per heavy atom. The van der Waals surface area contributed by atoms with Gasteiger partial charge >= 0.3 is 0 Å². The van der Waals surface area contributed by atoms with Gasteiger partial charge in [0, 0.05) is 16.7 Å². The normalized spacial score (nSPS) is 13.1. The average Bonchev–Trinajstić information content (AvgIpc) is 2.66. The van der Waals surface area contributed by atoms with Crippen LogP contribution in [0.1, 0.15) is 58.2 Å². The van der Waals surface area contributed by atoms with Crippen LogP contribution >= 0.6 is 0 Å². The van der Waals surface area contributed by atoms with E-state index in [4.69, 9.17) is 4.74 Å². The zero-order valence-corrected chi connectivity index (χ0v) is 15.6. The molecular formula is C24H20O3. The first-order chi connectivity index (χ1) is 12.9. The molecule has 0 amide bonds. The molecule has 0 unspecified atom stereocenters. The van der Waals surface area contributed by atoms with Crippen LogP contribution in [0.4, 0.5) is 0 Å². The Hall–Kier alpha value is -3.20. The van der Waals surface area contributed by atoms with Crippen LogP contribution in [-0.2, 0) is 5.41 Å². The van der Waals surface area contributed by atoms with E-state index in [0.717, 1.165) is 0 Å². The van der Waals surface area contributed by atoms with E-state index in [1.165, 1.54) is 5.56 Å². The van der Waals surface area contributed by atoms with E-state index in [-0.39, 0.29) is 17.0 Å². The van der Waals surface area contributed by atoms with Gasteiger partial charge in [-0.3, -0.25) is 9.59 Å². The molecular weight excluding hydrogens is 336 g/mol. The van der Waals surface area contributed by atoms with Gasteiger partial charge in [0.1, 0.15) is 11.5 Å². The summed E-state index contributed by atoms with van der Waals surface area (Å²) in [5.41, 5.74) is 2.85. The zero-order valence-electron chi connectivity index (χ0n) is 15.6. The molecule has 0 heterocycles. The van der Waals surface area contributed by atoms with Crippen molar-refractivity contribution in [3.05, 3.63) is 94.5 Å². The Labute approximate surface area is 158 Å². The minimum atomic E-state index is -0.179. The molecule has 0 N–H and O–H groups in total. The van der Waals surface area contributed by atoms with Gasteiger partial charge in [-0.2, -0.15) is 0 Å². The van der Waals surface area contributed by atoms with E-state index in [1.807, 2.05) is 24.3 Å². The van der Waals surface area contributed by atoms with Crippen molar-refractivity contribution in [2.24, 2.45) is 0 Å². The average molecular weight is 356 g/mol. The molecule has 0 aromatic heterocycles. The van der Waals surface area contributed by atoms with Crippen molar-refractivity contribution in [1.82, 2.24) is 0 Å². The number of ketones is 2. The molecule has 1 aliphatic rings. The predicted octanol–water partition coefficient (Wildman–Crippen LogP) is 5.55. The molecule has 134 valence electrons. The minimum Gasteiger partial charge on any atom is -0.457 e. The van der Waals surface area contributed by atoms with Crippen LogP contribution in [0.3, 0.4) is 0 Å². The number of fused-ring (bicyclic) bond motifs is 2. The molecule has 0 atom stereocenters. The number of hydrogen-bond acceptors (Lipinski definition) is 3. The molecule has 27 heavy (non-hydrogen) atoms. The summed E-state index contributed by atoms with van der Waals surface area (Å²) in [6.45, 7) is 6.45. The molecule has 1 aliphatic carbocycles. The number of carbonyl (C=O) groups is 2. The standard InChI is InChI=1S/C24H20O3/c1-24(2,3)15-11-13-16(14-12-15)27-20-10-6-9-19-21(20)23(26)18-8-5-4-7-17(18)22(19)25/h4-14H,1-3H3. The number of ether oxygens (including phenoxy) is 1. The second-order valence-electron chi connectivity index (χ2n) is 7.76. The van der Waals surface area contributed by atoms with Crippen molar-refractivity contribution in [1.29, 1.82) is 0 Å². The van der Waals surface area contributed by atoms with Crippen molar-refractivity contribution < 1.29 is 14.3 Å².